The van der Waals surface area contributed by atoms with Crippen LogP contribution >= 0.6 is 11.3 Å². The molecule has 0 aromatic carbocycles. The van der Waals surface area contributed by atoms with Crippen molar-refractivity contribution in [1.82, 2.24) is 20.0 Å². The van der Waals surface area contributed by atoms with Crippen molar-refractivity contribution in [3.8, 4) is 0 Å². The first-order valence-electron chi connectivity index (χ1n) is 10.7. The number of carbonyl (C=O) groups is 1. The van der Waals surface area contributed by atoms with Gasteiger partial charge in [0.25, 0.3) is 0 Å². The quantitative estimate of drug-likeness (QED) is 0.314. The molecule has 2 amide bonds. The SMILES string of the molecule is CCCCCCC1COCCN1C1CN(C)C(=O)N1c1nnc([S+]([O-])CCC)s1. The number of likely N-dealkylation sites (N-methyl/N-ethyl adjacent to an activating group) is 1. The average Bonchev–Trinajstić information content (AvgIpc) is 3.31. The number of amides is 2. The molecule has 0 aliphatic carbocycles. The van der Waals surface area contributed by atoms with E-state index in [1.165, 1.54) is 37.0 Å². The van der Waals surface area contributed by atoms with Gasteiger partial charge in [0.15, 0.2) is 0 Å². The largest absolute Gasteiger partial charge is 0.610 e. The Kier molecular flexibility index (Phi) is 8.55. The summed E-state index contributed by atoms with van der Waals surface area (Å²) in [7, 11) is 1.82. The van der Waals surface area contributed by atoms with E-state index in [9.17, 15) is 9.35 Å². The average molecular weight is 444 g/mol. The van der Waals surface area contributed by atoms with Crippen molar-refractivity contribution < 1.29 is 14.1 Å². The van der Waals surface area contributed by atoms with Crippen molar-refractivity contribution in [1.29, 1.82) is 0 Å². The summed E-state index contributed by atoms with van der Waals surface area (Å²) in [6.45, 7) is 7.02. The Morgan fingerprint density at radius 2 is 2.07 bits per heavy atom. The summed E-state index contributed by atoms with van der Waals surface area (Å²) in [5, 5.41) is 8.90. The van der Waals surface area contributed by atoms with Crippen LogP contribution in [0.4, 0.5) is 9.93 Å². The number of aromatic nitrogens is 2. The van der Waals surface area contributed by atoms with Crippen molar-refractivity contribution in [2.24, 2.45) is 0 Å². The van der Waals surface area contributed by atoms with Gasteiger partial charge in [0.2, 0.25) is 5.13 Å². The number of nitrogens with zero attached hydrogens (tertiary/aromatic N) is 5. The number of anilines is 1. The number of morpholine rings is 1. The fourth-order valence-electron chi connectivity index (χ4n) is 3.96. The number of carbonyl (C=O) groups excluding carboxylic acids is 1. The van der Waals surface area contributed by atoms with Gasteiger partial charge in [-0.3, -0.25) is 4.90 Å². The molecule has 2 aliphatic heterocycles. The number of urea groups is 1. The maximum atomic E-state index is 12.9. The maximum absolute atomic E-state index is 12.9. The minimum absolute atomic E-state index is 0.0739. The Morgan fingerprint density at radius 1 is 1.24 bits per heavy atom. The highest BCUT2D eigenvalue weighted by atomic mass is 32.2. The highest BCUT2D eigenvalue weighted by Gasteiger charge is 2.44. The molecule has 8 nitrogen and oxygen atoms in total. The summed E-state index contributed by atoms with van der Waals surface area (Å²) in [6.07, 6.45) is 6.69. The molecular weight excluding hydrogens is 410 g/mol. The molecule has 1 aromatic rings. The molecule has 3 atom stereocenters. The molecule has 164 valence electrons. The summed E-state index contributed by atoms with van der Waals surface area (Å²) in [5.74, 6) is 0.565. The lowest BCUT2D eigenvalue weighted by Gasteiger charge is -2.41. The molecule has 0 spiro atoms. The molecule has 3 heterocycles. The van der Waals surface area contributed by atoms with E-state index in [-0.39, 0.29) is 12.2 Å². The van der Waals surface area contributed by atoms with Crippen LogP contribution < -0.4 is 4.90 Å². The van der Waals surface area contributed by atoms with Gasteiger partial charge in [-0.15, -0.1) is 5.10 Å². The molecule has 2 fully saturated rings. The highest BCUT2D eigenvalue weighted by molar-refractivity contribution is 7.93. The lowest BCUT2D eigenvalue weighted by atomic mass is 10.0. The third-order valence-corrected chi connectivity index (χ3v) is 8.28. The molecule has 0 radical (unpaired) electrons. The molecule has 2 saturated heterocycles. The second kappa shape index (κ2) is 10.9. The fourth-order valence-corrected chi connectivity index (χ4v) is 6.10. The van der Waals surface area contributed by atoms with Gasteiger partial charge in [0.05, 0.1) is 19.8 Å². The molecule has 0 saturated carbocycles. The highest BCUT2D eigenvalue weighted by Crippen LogP contribution is 2.33. The van der Waals surface area contributed by atoms with Crippen molar-refractivity contribution in [3.05, 3.63) is 0 Å². The van der Waals surface area contributed by atoms with E-state index in [4.69, 9.17) is 4.74 Å². The summed E-state index contributed by atoms with van der Waals surface area (Å²) in [4.78, 5) is 18.8. The summed E-state index contributed by atoms with van der Waals surface area (Å²) >= 11 is 0.123. The molecule has 10 heteroatoms. The molecular formula is C19H33N5O3S2. The molecule has 1 aromatic heterocycles. The van der Waals surface area contributed by atoms with E-state index < -0.39 is 11.2 Å². The van der Waals surface area contributed by atoms with Gasteiger partial charge in [0.1, 0.15) is 11.9 Å². The number of rotatable bonds is 10. The molecule has 3 rings (SSSR count). The molecule has 29 heavy (non-hydrogen) atoms. The number of ether oxygens (including phenoxy) is 1. The summed E-state index contributed by atoms with van der Waals surface area (Å²) in [5.41, 5.74) is 0. The lowest BCUT2D eigenvalue weighted by molar-refractivity contribution is -0.0296. The Hall–Kier alpha value is -0.940. The van der Waals surface area contributed by atoms with Gasteiger partial charge < -0.3 is 14.2 Å². The van der Waals surface area contributed by atoms with Gasteiger partial charge in [-0.05, 0) is 24.2 Å². The van der Waals surface area contributed by atoms with E-state index in [2.05, 4.69) is 22.0 Å². The Morgan fingerprint density at radius 3 is 2.83 bits per heavy atom. The molecule has 3 unspecified atom stereocenters. The zero-order valence-corrected chi connectivity index (χ0v) is 19.3. The lowest BCUT2D eigenvalue weighted by Crippen LogP contribution is -2.56. The van der Waals surface area contributed by atoms with E-state index in [1.807, 2.05) is 14.0 Å². The third kappa shape index (κ3) is 5.41. The van der Waals surface area contributed by atoms with Crippen LogP contribution in [0.2, 0.25) is 0 Å². The van der Waals surface area contributed by atoms with Crippen LogP contribution in [0.15, 0.2) is 4.34 Å². The van der Waals surface area contributed by atoms with E-state index >= 15 is 0 Å². The molecule has 0 bridgehead atoms. The van der Waals surface area contributed by atoms with Crippen LogP contribution in [-0.2, 0) is 15.9 Å². The van der Waals surface area contributed by atoms with Crippen LogP contribution in [0.1, 0.15) is 52.4 Å². The number of unbranched alkanes of at least 4 members (excludes halogenated alkanes) is 3. The molecule has 0 N–H and O–H groups in total. The Bertz CT molecular complexity index is 662. The summed E-state index contributed by atoms with van der Waals surface area (Å²) < 4.78 is 18.6. The van der Waals surface area contributed by atoms with E-state index in [0.717, 1.165) is 19.4 Å². The topological polar surface area (TPSA) is 84.9 Å². The minimum Gasteiger partial charge on any atom is -0.610 e. The van der Waals surface area contributed by atoms with Gasteiger partial charge in [-0.25, -0.2) is 9.69 Å². The number of hydrogen-bond acceptors (Lipinski definition) is 7. The Balaban J connectivity index is 1.76. The monoisotopic (exact) mass is 443 g/mol. The normalized spacial score (nSPS) is 24.5. The Labute approximate surface area is 180 Å². The smallest absolute Gasteiger partial charge is 0.327 e. The summed E-state index contributed by atoms with van der Waals surface area (Å²) in [6, 6.07) is 0.226. The second-order valence-corrected chi connectivity index (χ2v) is 10.4. The van der Waals surface area contributed by atoms with Crippen molar-refractivity contribution in [2.75, 3.05) is 44.0 Å². The fraction of sp³-hybridized carbons (Fsp3) is 0.842. The zero-order chi connectivity index (χ0) is 20.8. The van der Waals surface area contributed by atoms with E-state index in [1.54, 1.807) is 9.80 Å². The molecule has 2 aliphatic rings. The maximum Gasteiger partial charge on any atom is 0.327 e. The number of hydrogen-bond donors (Lipinski definition) is 0. The second-order valence-electron chi connectivity index (χ2n) is 7.73. The predicted molar refractivity (Wildman–Crippen MR) is 116 cm³/mol. The van der Waals surface area contributed by atoms with Crippen LogP contribution in [0, 0.1) is 0 Å². The first-order valence-corrected chi connectivity index (χ1v) is 12.8. The van der Waals surface area contributed by atoms with Crippen LogP contribution in [0.3, 0.4) is 0 Å². The van der Waals surface area contributed by atoms with Crippen LogP contribution in [-0.4, -0.2) is 81.9 Å². The van der Waals surface area contributed by atoms with Crippen molar-refractivity contribution in [3.63, 3.8) is 0 Å². The predicted octanol–water partition coefficient (Wildman–Crippen LogP) is 2.92. The van der Waals surface area contributed by atoms with Crippen LogP contribution in [0.25, 0.3) is 0 Å². The first-order chi connectivity index (χ1) is 14.1. The zero-order valence-electron chi connectivity index (χ0n) is 17.7. The van der Waals surface area contributed by atoms with E-state index in [0.29, 0.717) is 41.0 Å². The van der Waals surface area contributed by atoms with Crippen molar-refractivity contribution >= 4 is 33.7 Å². The standard InChI is InChI=1S/C19H33N5O3S2/c1-4-6-7-8-9-15-14-27-11-10-23(15)16-13-22(3)19(25)24(16)17-20-21-18(28-17)29(26)12-5-2/h15-16H,4-14H2,1-3H3. The minimum atomic E-state index is -1.15. The van der Waals surface area contributed by atoms with Crippen molar-refractivity contribution in [2.45, 2.75) is 68.9 Å². The van der Waals surface area contributed by atoms with Crippen LogP contribution in [0.5, 0.6) is 0 Å². The van der Waals surface area contributed by atoms with Gasteiger partial charge in [-0.1, -0.05) is 44.6 Å². The van der Waals surface area contributed by atoms with Gasteiger partial charge in [0, 0.05) is 30.8 Å². The van der Waals surface area contributed by atoms with Gasteiger partial charge >= 0.3 is 10.4 Å². The first kappa shape index (κ1) is 22.7. The van der Waals surface area contributed by atoms with Gasteiger partial charge in [-0.2, -0.15) is 0 Å². The third-order valence-electron chi connectivity index (χ3n) is 5.50.